The van der Waals surface area contributed by atoms with Crippen molar-refractivity contribution in [1.82, 2.24) is 4.90 Å². The average molecular weight is 180 g/mol. The Balaban J connectivity index is 2.25. The van der Waals surface area contributed by atoms with E-state index in [-0.39, 0.29) is 0 Å². The molecule has 0 saturated carbocycles. The van der Waals surface area contributed by atoms with Crippen LogP contribution in [0.5, 0.6) is 0 Å². The standard InChI is InChI=1S/C10H16N2O/c1-12-6-3-10-8(4-7-13-10)9(12)2-5-11/h4,7,9H,2-3,5-6,11H2,1H3. The van der Waals surface area contributed by atoms with E-state index in [1.54, 1.807) is 6.26 Å². The van der Waals surface area contributed by atoms with Gasteiger partial charge in [-0.15, -0.1) is 0 Å². The number of fused-ring (bicyclic) bond motifs is 1. The zero-order valence-corrected chi connectivity index (χ0v) is 7.99. The molecular formula is C10H16N2O. The predicted octanol–water partition coefficient (Wildman–Crippen LogP) is 1.16. The first-order valence-corrected chi connectivity index (χ1v) is 4.79. The zero-order chi connectivity index (χ0) is 9.26. The summed E-state index contributed by atoms with van der Waals surface area (Å²) in [6.45, 7) is 1.81. The molecule has 1 atom stereocenters. The molecule has 0 spiro atoms. The van der Waals surface area contributed by atoms with Crippen molar-refractivity contribution in [2.45, 2.75) is 18.9 Å². The Kier molecular flexibility index (Phi) is 2.38. The fourth-order valence-corrected chi connectivity index (χ4v) is 2.06. The lowest BCUT2D eigenvalue weighted by atomic mass is 9.97. The fourth-order valence-electron chi connectivity index (χ4n) is 2.06. The Labute approximate surface area is 78.5 Å². The highest BCUT2D eigenvalue weighted by molar-refractivity contribution is 5.24. The third kappa shape index (κ3) is 1.49. The Morgan fingerprint density at radius 3 is 3.31 bits per heavy atom. The van der Waals surface area contributed by atoms with Crippen LogP contribution in [0.15, 0.2) is 16.7 Å². The Morgan fingerprint density at radius 2 is 2.54 bits per heavy atom. The van der Waals surface area contributed by atoms with Gasteiger partial charge in [0.25, 0.3) is 0 Å². The van der Waals surface area contributed by atoms with E-state index >= 15 is 0 Å². The number of hydrogen-bond donors (Lipinski definition) is 1. The molecule has 0 aromatic carbocycles. The molecule has 1 aromatic heterocycles. The van der Waals surface area contributed by atoms with E-state index in [1.165, 1.54) is 5.56 Å². The molecule has 1 unspecified atom stereocenters. The van der Waals surface area contributed by atoms with Crippen LogP contribution in [0.4, 0.5) is 0 Å². The molecule has 0 saturated heterocycles. The van der Waals surface area contributed by atoms with Crippen LogP contribution in [0.2, 0.25) is 0 Å². The second-order valence-electron chi connectivity index (χ2n) is 3.62. The molecule has 0 radical (unpaired) electrons. The minimum absolute atomic E-state index is 0.465. The molecule has 0 fully saturated rings. The van der Waals surface area contributed by atoms with Gasteiger partial charge in [0.15, 0.2) is 0 Å². The molecule has 1 aromatic rings. The minimum atomic E-state index is 0.465. The molecule has 0 bridgehead atoms. The maximum absolute atomic E-state index is 5.59. The summed E-state index contributed by atoms with van der Waals surface area (Å²) >= 11 is 0. The number of hydrogen-bond acceptors (Lipinski definition) is 3. The third-order valence-electron chi connectivity index (χ3n) is 2.80. The van der Waals surface area contributed by atoms with Crippen LogP contribution in [0.1, 0.15) is 23.8 Å². The first kappa shape index (κ1) is 8.78. The first-order chi connectivity index (χ1) is 6.33. The summed E-state index contributed by atoms with van der Waals surface area (Å²) in [5, 5.41) is 0. The van der Waals surface area contributed by atoms with E-state index < -0.39 is 0 Å². The molecule has 1 aliphatic rings. The monoisotopic (exact) mass is 180 g/mol. The van der Waals surface area contributed by atoms with E-state index in [0.29, 0.717) is 6.04 Å². The molecule has 2 rings (SSSR count). The van der Waals surface area contributed by atoms with Crippen LogP contribution >= 0.6 is 0 Å². The number of furan rings is 1. The Morgan fingerprint density at radius 1 is 1.69 bits per heavy atom. The average Bonchev–Trinajstić information content (AvgIpc) is 2.58. The number of likely N-dealkylation sites (N-methyl/N-ethyl adjacent to an activating group) is 1. The van der Waals surface area contributed by atoms with Gasteiger partial charge in [-0.05, 0) is 26.1 Å². The topological polar surface area (TPSA) is 42.4 Å². The van der Waals surface area contributed by atoms with Gasteiger partial charge in [-0.3, -0.25) is 4.90 Å². The maximum atomic E-state index is 5.59. The summed E-state index contributed by atoms with van der Waals surface area (Å²) in [6, 6.07) is 2.54. The van der Waals surface area contributed by atoms with Crippen LogP contribution in [-0.2, 0) is 6.42 Å². The lowest BCUT2D eigenvalue weighted by Crippen LogP contribution is -2.32. The molecule has 0 aliphatic carbocycles. The van der Waals surface area contributed by atoms with Crippen LogP contribution < -0.4 is 5.73 Å². The van der Waals surface area contributed by atoms with Crippen molar-refractivity contribution in [2.75, 3.05) is 20.1 Å². The SMILES string of the molecule is CN1CCc2occc2C1CCN. The number of rotatable bonds is 2. The second kappa shape index (κ2) is 3.52. The highest BCUT2D eigenvalue weighted by Gasteiger charge is 2.25. The van der Waals surface area contributed by atoms with E-state index in [0.717, 1.165) is 31.7 Å². The van der Waals surface area contributed by atoms with Crippen molar-refractivity contribution in [3.63, 3.8) is 0 Å². The third-order valence-corrected chi connectivity index (χ3v) is 2.80. The van der Waals surface area contributed by atoms with E-state index in [2.05, 4.69) is 18.0 Å². The van der Waals surface area contributed by atoms with Gasteiger partial charge in [0.1, 0.15) is 5.76 Å². The predicted molar refractivity (Wildman–Crippen MR) is 51.5 cm³/mol. The fraction of sp³-hybridized carbons (Fsp3) is 0.600. The van der Waals surface area contributed by atoms with Crippen LogP contribution in [0, 0.1) is 0 Å². The number of nitrogens with zero attached hydrogens (tertiary/aromatic N) is 1. The molecule has 0 amide bonds. The maximum Gasteiger partial charge on any atom is 0.109 e. The van der Waals surface area contributed by atoms with Crippen LogP contribution in [0.3, 0.4) is 0 Å². The zero-order valence-electron chi connectivity index (χ0n) is 7.99. The Bertz CT molecular complexity index is 282. The summed E-state index contributed by atoms with van der Waals surface area (Å²) in [5.41, 5.74) is 6.92. The minimum Gasteiger partial charge on any atom is -0.469 e. The second-order valence-corrected chi connectivity index (χ2v) is 3.62. The van der Waals surface area contributed by atoms with Gasteiger partial charge in [0.05, 0.1) is 6.26 Å². The van der Waals surface area contributed by atoms with Gasteiger partial charge in [0, 0.05) is 24.6 Å². The summed E-state index contributed by atoms with van der Waals surface area (Å²) in [4.78, 5) is 2.35. The molecule has 3 heteroatoms. The quantitative estimate of drug-likeness (QED) is 0.742. The normalized spacial score (nSPS) is 23.1. The van der Waals surface area contributed by atoms with Crippen molar-refractivity contribution in [2.24, 2.45) is 5.73 Å². The van der Waals surface area contributed by atoms with Crippen LogP contribution in [0.25, 0.3) is 0 Å². The smallest absolute Gasteiger partial charge is 0.109 e. The van der Waals surface area contributed by atoms with E-state index in [4.69, 9.17) is 10.2 Å². The van der Waals surface area contributed by atoms with Gasteiger partial charge in [-0.25, -0.2) is 0 Å². The summed E-state index contributed by atoms with van der Waals surface area (Å²) < 4.78 is 5.41. The van der Waals surface area contributed by atoms with Gasteiger partial charge < -0.3 is 10.2 Å². The van der Waals surface area contributed by atoms with Gasteiger partial charge in [-0.2, -0.15) is 0 Å². The van der Waals surface area contributed by atoms with Crippen molar-refractivity contribution in [3.8, 4) is 0 Å². The highest BCUT2D eigenvalue weighted by Crippen LogP contribution is 2.31. The molecule has 72 valence electrons. The highest BCUT2D eigenvalue weighted by atomic mass is 16.3. The van der Waals surface area contributed by atoms with Gasteiger partial charge >= 0.3 is 0 Å². The lowest BCUT2D eigenvalue weighted by molar-refractivity contribution is 0.211. The molecule has 1 aliphatic heterocycles. The molecule has 13 heavy (non-hydrogen) atoms. The van der Waals surface area contributed by atoms with Gasteiger partial charge in [0.2, 0.25) is 0 Å². The molecule has 2 heterocycles. The summed E-state index contributed by atoms with van der Waals surface area (Å²) in [6.07, 6.45) is 3.83. The largest absolute Gasteiger partial charge is 0.469 e. The van der Waals surface area contributed by atoms with Crippen LogP contribution in [-0.4, -0.2) is 25.0 Å². The van der Waals surface area contributed by atoms with E-state index in [9.17, 15) is 0 Å². The van der Waals surface area contributed by atoms with Crippen molar-refractivity contribution >= 4 is 0 Å². The molecule has 2 N–H and O–H groups in total. The molecule has 3 nitrogen and oxygen atoms in total. The Hall–Kier alpha value is -0.800. The van der Waals surface area contributed by atoms with E-state index in [1.807, 2.05) is 0 Å². The van der Waals surface area contributed by atoms with Crippen molar-refractivity contribution in [1.29, 1.82) is 0 Å². The summed E-state index contributed by atoms with van der Waals surface area (Å²) in [7, 11) is 2.15. The summed E-state index contributed by atoms with van der Waals surface area (Å²) in [5.74, 6) is 1.15. The van der Waals surface area contributed by atoms with Crippen molar-refractivity contribution in [3.05, 3.63) is 23.7 Å². The number of nitrogens with two attached hydrogens (primary N) is 1. The molecular weight excluding hydrogens is 164 g/mol. The van der Waals surface area contributed by atoms with Crippen molar-refractivity contribution < 1.29 is 4.42 Å². The van der Waals surface area contributed by atoms with Gasteiger partial charge in [-0.1, -0.05) is 0 Å². The first-order valence-electron chi connectivity index (χ1n) is 4.79. The lowest BCUT2D eigenvalue weighted by Gasteiger charge is -2.31.